The Bertz CT molecular complexity index is 545. The molecule has 0 fully saturated rings. The van der Waals surface area contributed by atoms with E-state index >= 15 is 0 Å². The number of aryl methyl sites for hydroxylation is 1. The standard InChI is InChI=1S/C14H24N2O2S/c1-10-6-7-12(8-13(10)15)19(17,18)16-9-11(2)14(3,4)5/h6-8,11,16H,9,15H2,1-5H3. The molecule has 0 heterocycles. The van der Waals surface area contributed by atoms with E-state index in [4.69, 9.17) is 5.73 Å². The highest BCUT2D eigenvalue weighted by molar-refractivity contribution is 7.89. The molecule has 1 atom stereocenters. The van der Waals surface area contributed by atoms with E-state index in [9.17, 15) is 8.42 Å². The predicted octanol–water partition coefficient (Wildman–Crippen LogP) is 2.54. The summed E-state index contributed by atoms with van der Waals surface area (Å²) in [5.41, 5.74) is 7.18. The second kappa shape index (κ2) is 5.51. The van der Waals surface area contributed by atoms with Gasteiger partial charge >= 0.3 is 0 Å². The summed E-state index contributed by atoms with van der Waals surface area (Å²) < 4.78 is 27.0. The van der Waals surface area contributed by atoms with Crippen LogP contribution in [0.4, 0.5) is 5.69 Å². The van der Waals surface area contributed by atoms with Crippen LogP contribution in [0.1, 0.15) is 33.3 Å². The number of benzene rings is 1. The van der Waals surface area contributed by atoms with Crippen LogP contribution in [-0.4, -0.2) is 15.0 Å². The van der Waals surface area contributed by atoms with E-state index < -0.39 is 10.0 Å². The number of hydrogen-bond acceptors (Lipinski definition) is 3. The van der Waals surface area contributed by atoms with E-state index in [2.05, 4.69) is 25.5 Å². The lowest BCUT2D eigenvalue weighted by molar-refractivity contribution is 0.263. The first-order chi connectivity index (χ1) is 8.54. The lowest BCUT2D eigenvalue weighted by Gasteiger charge is -2.27. The topological polar surface area (TPSA) is 72.2 Å². The maximum absolute atomic E-state index is 12.2. The molecule has 3 N–H and O–H groups in total. The van der Waals surface area contributed by atoms with Crippen molar-refractivity contribution < 1.29 is 8.42 Å². The molecule has 0 amide bonds. The maximum Gasteiger partial charge on any atom is 0.240 e. The Morgan fingerprint density at radius 3 is 2.37 bits per heavy atom. The van der Waals surface area contributed by atoms with Crippen LogP contribution in [-0.2, 0) is 10.0 Å². The highest BCUT2D eigenvalue weighted by Crippen LogP contribution is 2.25. The molecule has 5 heteroatoms. The van der Waals surface area contributed by atoms with E-state index in [1.165, 1.54) is 6.07 Å². The van der Waals surface area contributed by atoms with Gasteiger partial charge in [0.2, 0.25) is 10.0 Å². The molecule has 1 aromatic carbocycles. The average molecular weight is 284 g/mol. The van der Waals surface area contributed by atoms with Crippen molar-refractivity contribution in [2.45, 2.75) is 39.5 Å². The number of rotatable bonds is 4. The van der Waals surface area contributed by atoms with Gasteiger partial charge in [0.25, 0.3) is 0 Å². The van der Waals surface area contributed by atoms with E-state index in [0.717, 1.165) is 5.56 Å². The Balaban J connectivity index is 2.85. The smallest absolute Gasteiger partial charge is 0.240 e. The molecule has 1 aromatic rings. The van der Waals surface area contributed by atoms with Gasteiger partial charge in [-0.2, -0.15) is 0 Å². The highest BCUT2D eigenvalue weighted by Gasteiger charge is 2.22. The van der Waals surface area contributed by atoms with Gasteiger partial charge in [-0.15, -0.1) is 0 Å². The van der Waals surface area contributed by atoms with Gasteiger partial charge in [-0.25, -0.2) is 13.1 Å². The van der Waals surface area contributed by atoms with Crippen molar-refractivity contribution in [3.63, 3.8) is 0 Å². The minimum atomic E-state index is -3.48. The first-order valence-corrected chi connectivity index (χ1v) is 7.88. The van der Waals surface area contributed by atoms with Gasteiger partial charge in [0.15, 0.2) is 0 Å². The van der Waals surface area contributed by atoms with Crippen LogP contribution >= 0.6 is 0 Å². The fourth-order valence-corrected chi connectivity index (χ4v) is 2.58. The summed E-state index contributed by atoms with van der Waals surface area (Å²) >= 11 is 0. The number of sulfonamides is 1. The van der Waals surface area contributed by atoms with E-state index in [1.807, 2.05) is 13.8 Å². The first-order valence-electron chi connectivity index (χ1n) is 6.40. The maximum atomic E-state index is 12.2. The molecule has 0 saturated carbocycles. The van der Waals surface area contributed by atoms with Gasteiger partial charge in [0.05, 0.1) is 4.90 Å². The number of nitrogens with two attached hydrogens (primary N) is 1. The lowest BCUT2D eigenvalue weighted by Crippen LogP contribution is -2.33. The minimum Gasteiger partial charge on any atom is -0.398 e. The molecular weight excluding hydrogens is 260 g/mol. The molecule has 19 heavy (non-hydrogen) atoms. The highest BCUT2D eigenvalue weighted by atomic mass is 32.2. The molecule has 0 aliphatic carbocycles. The van der Waals surface area contributed by atoms with E-state index in [0.29, 0.717) is 12.2 Å². The van der Waals surface area contributed by atoms with Crippen LogP contribution in [0.5, 0.6) is 0 Å². The molecule has 0 bridgehead atoms. The fraction of sp³-hybridized carbons (Fsp3) is 0.571. The number of hydrogen-bond donors (Lipinski definition) is 2. The Morgan fingerprint density at radius 1 is 1.32 bits per heavy atom. The van der Waals surface area contributed by atoms with Crippen molar-refractivity contribution >= 4 is 15.7 Å². The third kappa shape index (κ3) is 4.21. The zero-order chi connectivity index (χ0) is 14.8. The Hall–Kier alpha value is -1.07. The van der Waals surface area contributed by atoms with E-state index in [-0.39, 0.29) is 16.2 Å². The van der Waals surface area contributed by atoms with Crippen LogP contribution in [0.2, 0.25) is 0 Å². The van der Waals surface area contributed by atoms with Crippen molar-refractivity contribution in [1.82, 2.24) is 4.72 Å². The quantitative estimate of drug-likeness (QED) is 0.835. The van der Waals surface area contributed by atoms with Gasteiger partial charge < -0.3 is 5.73 Å². The third-order valence-corrected chi connectivity index (χ3v) is 5.04. The molecule has 0 aromatic heterocycles. The third-order valence-electron chi connectivity index (χ3n) is 3.62. The fourth-order valence-electron chi connectivity index (χ4n) is 1.41. The predicted molar refractivity (Wildman–Crippen MR) is 79.4 cm³/mol. The Kier molecular flexibility index (Phi) is 4.63. The van der Waals surface area contributed by atoms with Crippen molar-refractivity contribution in [1.29, 1.82) is 0 Å². The molecule has 4 nitrogen and oxygen atoms in total. The van der Waals surface area contributed by atoms with Crippen LogP contribution in [0.3, 0.4) is 0 Å². The van der Waals surface area contributed by atoms with Gasteiger partial charge in [0.1, 0.15) is 0 Å². The van der Waals surface area contributed by atoms with Crippen LogP contribution < -0.4 is 10.5 Å². The molecule has 0 aliphatic heterocycles. The Labute approximate surface area is 116 Å². The molecule has 1 rings (SSSR count). The molecule has 0 spiro atoms. The van der Waals surface area contributed by atoms with Crippen molar-refractivity contribution in [3.8, 4) is 0 Å². The number of nitrogen functional groups attached to an aromatic ring is 1. The second-order valence-corrected chi connectivity index (χ2v) is 7.90. The number of nitrogens with one attached hydrogen (secondary N) is 1. The largest absolute Gasteiger partial charge is 0.398 e. The molecule has 1 unspecified atom stereocenters. The summed E-state index contributed by atoms with van der Waals surface area (Å²) in [5, 5.41) is 0. The van der Waals surface area contributed by atoms with Crippen molar-refractivity contribution in [2.75, 3.05) is 12.3 Å². The number of anilines is 1. The van der Waals surface area contributed by atoms with Gasteiger partial charge in [0, 0.05) is 12.2 Å². The molecule has 0 radical (unpaired) electrons. The molecule has 0 aliphatic rings. The molecule has 0 saturated heterocycles. The average Bonchev–Trinajstić information content (AvgIpc) is 2.28. The zero-order valence-corrected chi connectivity index (χ0v) is 13.1. The van der Waals surface area contributed by atoms with Gasteiger partial charge in [-0.05, 0) is 36.0 Å². The van der Waals surface area contributed by atoms with Crippen LogP contribution in [0, 0.1) is 18.3 Å². The molecular formula is C14H24N2O2S. The SMILES string of the molecule is Cc1ccc(S(=O)(=O)NCC(C)C(C)(C)C)cc1N. The Morgan fingerprint density at radius 2 is 1.89 bits per heavy atom. The van der Waals surface area contributed by atoms with Crippen molar-refractivity contribution in [2.24, 2.45) is 11.3 Å². The monoisotopic (exact) mass is 284 g/mol. The first kappa shape index (κ1) is 16.0. The van der Waals surface area contributed by atoms with Gasteiger partial charge in [-0.3, -0.25) is 0 Å². The minimum absolute atomic E-state index is 0.0643. The summed E-state index contributed by atoms with van der Waals surface area (Å²) in [6.45, 7) is 10.6. The summed E-state index contributed by atoms with van der Waals surface area (Å²) in [6.07, 6.45) is 0. The van der Waals surface area contributed by atoms with Gasteiger partial charge in [-0.1, -0.05) is 33.8 Å². The molecule has 108 valence electrons. The summed E-state index contributed by atoms with van der Waals surface area (Å²) in [5.74, 6) is 0.241. The lowest BCUT2D eigenvalue weighted by atomic mass is 9.82. The summed E-state index contributed by atoms with van der Waals surface area (Å²) in [6, 6.07) is 4.80. The normalized spacial score (nSPS) is 14.4. The zero-order valence-electron chi connectivity index (χ0n) is 12.3. The summed E-state index contributed by atoms with van der Waals surface area (Å²) in [4.78, 5) is 0.219. The van der Waals surface area contributed by atoms with E-state index in [1.54, 1.807) is 12.1 Å². The van der Waals surface area contributed by atoms with Crippen LogP contribution in [0.25, 0.3) is 0 Å². The second-order valence-electron chi connectivity index (χ2n) is 6.14. The van der Waals surface area contributed by atoms with Crippen LogP contribution in [0.15, 0.2) is 23.1 Å². The summed E-state index contributed by atoms with van der Waals surface area (Å²) in [7, 11) is -3.48. The van der Waals surface area contributed by atoms with Crippen molar-refractivity contribution in [3.05, 3.63) is 23.8 Å².